The van der Waals surface area contributed by atoms with E-state index in [9.17, 15) is 4.79 Å². The van der Waals surface area contributed by atoms with Crippen molar-refractivity contribution in [3.05, 3.63) is 36.5 Å². The van der Waals surface area contributed by atoms with Crippen molar-refractivity contribution in [1.29, 1.82) is 0 Å². The third kappa shape index (κ3) is 7.01. The van der Waals surface area contributed by atoms with E-state index in [2.05, 4.69) is 27.7 Å². The molecule has 0 aliphatic heterocycles. The Bertz CT molecular complexity index is 296. The lowest BCUT2D eigenvalue weighted by molar-refractivity contribution is -0.870. The summed E-state index contributed by atoms with van der Waals surface area (Å²) in [5.41, 5.74) is 0.557. The molecule has 0 radical (unpaired) electrons. The number of likely N-dealkylation sites (N-methyl/N-ethyl adjacent to an activating group) is 1. The number of ether oxygens (including phenoxy) is 1. The average molecular weight is 224 g/mol. The van der Waals surface area contributed by atoms with Gasteiger partial charge in [-0.3, -0.25) is 0 Å². The number of hydrogen-bond acceptors (Lipinski definition) is 2. The number of carbonyl (C=O) groups excluding carboxylic acids is 1. The Kier molecular flexibility index (Phi) is 6.42. The Labute approximate surface area is 98.3 Å². The topological polar surface area (TPSA) is 26.3 Å². The van der Waals surface area contributed by atoms with Crippen LogP contribution in [-0.2, 0) is 9.53 Å². The summed E-state index contributed by atoms with van der Waals surface area (Å²) in [4.78, 5) is 11.6. The maximum Gasteiger partial charge on any atom is 0.337 e. The van der Waals surface area contributed by atoms with Crippen molar-refractivity contribution in [2.24, 2.45) is 0 Å². The highest BCUT2D eigenvalue weighted by atomic mass is 16.5. The summed E-state index contributed by atoms with van der Waals surface area (Å²) in [5, 5.41) is 0. The summed E-state index contributed by atoms with van der Waals surface area (Å²) in [6, 6.07) is 0. The summed E-state index contributed by atoms with van der Waals surface area (Å²) in [6.07, 6.45) is 6.77. The minimum absolute atomic E-state index is 0.283. The monoisotopic (exact) mass is 224 g/mol. The van der Waals surface area contributed by atoms with Crippen LogP contribution in [0.15, 0.2) is 36.5 Å². The number of rotatable bonds is 6. The molecule has 16 heavy (non-hydrogen) atoms. The van der Waals surface area contributed by atoms with Crippen molar-refractivity contribution < 1.29 is 14.0 Å². The van der Waals surface area contributed by atoms with Crippen LogP contribution in [-0.4, -0.2) is 44.7 Å². The van der Waals surface area contributed by atoms with Gasteiger partial charge in [0, 0.05) is 0 Å². The largest absolute Gasteiger partial charge is 0.456 e. The molecule has 0 bridgehead atoms. The maximum absolute atomic E-state index is 11.6. The first kappa shape index (κ1) is 14.6. The summed E-state index contributed by atoms with van der Waals surface area (Å²) in [7, 11) is 6.17. The molecular formula is C13H22NO2+. The molecule has 0 saturated heterocycles. The van der Waals surface area contributed by atoms with Gasteiger partial charge in [0.15, 0.2) is 0 Å². The highest BCUT2D eigenvalue weighted by Gasteiger charge is 2.10. The van der Waals surface area contributed by atoms with Gasteiger partial charge in [-0.15, -0.1) is 0 Å². The van der Waals surface area contributed by atoms with Gasteiger partial charge in [-0.25, -0.2) is 4.79 Å². The molecule has 0 aromatic carbocycles. The lowest BCUT2D eigenvalue weighted by Gasteiger charge is -2.23. The molecule has 0 spiro atoms. The molecular weight excluding hydrogens is 202 g/mol. The predicted octanol–water partition coefficient (Wildman–Crippen LogP) is 1.92. The number of carbonyl (C=O) groups is 1. The molecule has 0 rings (SSSR count). The third-order valence-electron chi connectivity index (χ3n) is 1.95. The second kappa shape index (κ2) is 7.01. The lowest BCUT2D eigenvalue weighted by atomic mass is 10.2. The molecule has 0 aromatic heterocycles. The standard InChI is InChI=1S/C13H22NO2/c1-6-8-9-12(7-2)13(15)16-11-10-14(3,4)5/h6-9H,1,10-11H2,2-5H3/q+1/b9-8-,12-7+. The van der Waals surface area contributed by atoms with Gasteiger partial charge in [-0.05, 0) is 13.0 Å². The molecule has 0 saturated carbocycles. The molecule has 0 amide bonds. The molecule has 0 aliphatic carbocycles. The highest BCUT2D eigenvalue weighted by molar-refractivity contribution is 5.91. The minimum Gasteiger partial charge on any atom is -0.456 e. The van der Waals surface area contributed by atoms with Crippen LogP contribution < -0.4 is 0 Å². The van der Waals surface area contributed by atoms with Crippen LogP contribution in [0.3, 0.4) is 0 Å². The fourth-order valence-electron chi connectivity index (χ4n) is 0.949. The first-order valence-electron chi connectivity index (χ1n) is 5.33. The van der Waals surface area contributed by atoms with Crippen LogP contribution in [0.5, 0.6) is 0 Å². The number of hydrogen-bond donors (Lipinski definition) is 0. The Morgan fingerprint density at radius 3 is 2.44 bits per heavy atom. The van der Waals surface area contributed by atoms with Crippen molar-refractivity contribution in [2.45, 2.75) is 6.92 Å². The first-order chi connectivity index (χ1) is 7.40. The molecule has 0 aromatic rings. The van der Waals surface area contributed by atoms with E-state index < -0.39 is 0 Å². The predicted molar refractivity (Wildman–Crippen MR) is 67.0 cm³/mol. The average Bonchev–Trinajstić information content (AvgIpc) is 2.17. The van der Waals surface area contributed by atoms with E-state index in [0.29, 0.717) is 12.2 Å². The van der Waals surface area contributed by atoms with E-state index in [1.54, 1.807) is 24.3 Å². The second-order valence-corrected chi connectivity index (χ2v) is 4.49. The molecule has 0 fully saturated rings. The molecule has 0 heterocycles. The van der Waals surface area contributed by atoms with Crippen LogP contribution >= 0.6 is 0 Å². The fraction of sp³-hybridized carbons (Fsp3) is 0.462. The van der Waals surface area contributed by atoms with Gasteiger partial charge in [0.25, 0.3) is 0 Å². The first-order valence-corrected chi connectivity index (χ1v) is 5.33. The van der Waals surface area contributed by atoms with Crippen molar-refractivity contribution >= 4 is 5.97 Å². The number of esters is 1. The van der Waals surface area contributed by atoms with Crippen LogP contribution in [0.25, 0.3) is 0 Å². The van der Waals surface area contributed by atoms with Crippen molar-refractivity contribution in [3.8, 4) is 0 Å². The summed E-state index contributed by atoms with van der Waals surface area (Å²) in [5.74, 6) is -0.283. The smallest absolute Gasteiger partial charge is 0.337 e. The maximum atomic E-state index is 11.6. The Morgan fingerprint density at radius 2 is 2.00 bits per heavy atom. The minimum atomic E-state index is -0.283. The SMILES string of the molecule is C=C/C=C\C(=C/C)C(=O)OCC[N+](C)(C)C. The summed E-state index contributed by atoms with van der Waals surface area (Å²) < 4.78 is 5.94. The van der Waals surface area contributed by atoms with E-state index in [-0.39, 0.29) is 5.97 Å². The Hall–Kier alpha value is -1.35. The summed E-state index contributed by atoms with van der Waals surface area (Å²) in [6.45, 7) is 6.59. The van der Waals surface area contributed by atoms with Gasteiger partial charge in [0.05, 0.1) is 26.7 Å². The van der Waals surface area contributed by atoms with Crippen molar-refractivity contribution in [3.63, 3.8) is 0 Å². The van der Waals surface area contributed by atoms with Gasteiger partial charge in [0.2, 0.25) is 0 Å². The summed E-state index contributed by atoms with van der Waals surface area (Å²) >= 11 is 0. The van der Waals surface area contributed by atoms with E-state index in [1.165, 1.54) is 0 Å². The Morgan fingerprint density at radius 1 is 1.38 bits per heavy atom. The molecule has 0 N–H and O–H groups in total. The quantitative estimate of drug-likeness (QED) is 0.298. The number of allylic oxidation sites excluding steroid dienone is 3. The fourth-order valence-corrected chi connectivity index (χ4v) is 0.949. The van der Waals surface area contributed by atoms with E-state index >= 15 is 0 Å². The van der Waals surface area contributed by atoms with Crippen LogP contribution in [0.4, 0.5) is 0 Å². The molecule has 0 unspecified atom stereocenters. The zero-order valence-corrected chi connectivity index (χ0v) is 10.7. The van der Waals surface area contributed by atoms with E-state index in [1.807, 2.05) is 6.92 Å². The highest BCUT2D eigenvalue weighted by Crippen LogP contribution is 2.01. The number of quaternary nitrogens is 1. The van der Waals surface area contributed by atoms with Gasteiger partial charge in [0.1, 0.15) is 13.2 Å². The Balaban J connectivity index is 4.14. The zero-order valence-electron chi connectivity index (χ0n) is 10.7. The molecule has 3 nitrogen and oxygen atoms in total. The molecule has 90 valence electrons. The van der Waals surface area contributed by atoms with Gasteiger partial charge in [-0.1, -0.05) is 24.8 Å². The molecule has 0 aliphatic rings. The van der Waals surface area contributed by atoms with Crippen LogP contribution in [0, 0.1) is 0 Å². The third-order valence-corrected chi connectivity index (χ3v) is 1.95. The molecule has 3 heteroatoms. The second-order valence-electron chi connectivity index (χ2n) is 4.49. The van der Waals surface area contributed by atoms with Crippen molar-refractivity contribution in [1.82, 2.24) is 0 Å². The number of nitrogens with zero attached hydrogens (tertiary/aromatic N) is 1. The van der Waals surface area contributed by atoms with Crippen LogP contribution in [0.2, 0.25) is 0 Å². The van der Waals surface area contributed by atoms with Gasteiger partial charge >= 0.3 is 5.97 Å². The van der Waals surface area contributed by atoms with Crippen LogP contribution in [0.1, 0.15) is 6.92 Å². The lowest BCUT2D eigenvalue weighted by Crippen LogP contribution is -2.38. The zero-order chi connectivity index (χ0) is 12.6. The van der Waals surface area contributed by atoms with Gasteiger partial charge in [-0.2, -0.15) is 0 Å². The van der Waals surface area contributed by atoms with E-state index in [4.69, 9.17) is 4.74 Å². The van der Waals surface area contributed by atoms with Gasteiger partial charge < -0.3 is 9.22 Å². The van der Waals surface area contributed by atoms with E-state index in [0.717, 1.165) is 11.0 Å². The normalized spacial score (nSPS) is 12.9. The molecule has 0 atom stereocenters. The van der Waals surface area contributed by atoms with Crippen molar-refractivity contribution in [2.75, 3.05) is 34.3 Å².